The summed E-state index contributed by atoms with van der Waals surface area (Å²) in [7, 11) is 0. The van der Waals surface area contributed by atoms with Gasteiger partial charge in [0.15, 0.2) is 5.60 Å². The van der Waals surface area contributed by atoms with Gasteiger partial charge in [0.1, 0.15) is 0 Å². The molecule has 0 aromatic heterocycles. The van der Waals surface area contributed by atoms with Crippen LogP contribution in [0.3, 0.4) is 0 Å². The number of hydrogen-bond donors (Lipinski definition) is 2. The van der Waals surface area contributed by atoms with E-state index in [1.54, 1.807) is 67.6 Å². The standard InChI is InChI=1S/C24H19ClN2O4/c1-24(14-16-6-2-3-7-18(16)22(29)31-24)23(30)27-20-9-5-4-8-19(20)26-21(28)15-10-12-17(25)13-11-15/h2-13H,14H2,1H3,(H,26,28)(H,27,30). The molecule has 3 aromatic carbocycles. The van der Waals surface area contributed by atoms with E-state index in [0.29, 0.717) is 27.5 Å². The van der Waals surface area contributed by atoms with Crippen LogP contribution in [0, 0.1) is 0 Å². The van der Waals surface area contributed by atoms with Crippen LogP contribution in [0.25, 0.3) is 0 Å². The van der Waals surface area contributed by atoms with Crippen molar-refractivity contribution in [1.82, 2.24) is 0 Å². The molecular weight excluding hydrogens is 416 g/mol. The number of carbonyl (C=O) groups is 3. The molecule has 0 saturated carbocycles. The van der Waals surface area contributed by atoms with Gasteiger partial charge in [-0.15, -0.1) is 0 Å². The molecule has 0 fully saturated rings. The minimum Gasteiger partial charge on any atom is -0.445 e. The third-order valence-corrected chi connectivity index (χ3v) is 5.35. The van der Waals surface area contributed by atoms with Gasteiger partial charge in [-0.05, 0) is 55.0 Å². The fraction of sp³-hybridized carbons (Fsp3) is 0.125. The van der Waals surface area contributed by atoms with E-state index < -0.39 is 17.5 Å². The maximum Gasteiger partial charge on any atom is 0.339 e. The minimum atomic E-state index is -1.38. The lowest BCUT2D eigenvalue weighted by Crippen LogP contribution is -2.49. The largest absolute Gasteiger partial charge is 0.445 e. The molecule has 156 valence electrons. The molecule has 0 saturated heterocycles. The van der Waals surface area contributed by atoms with Crippen molar-refractivity contribution < 1.29 is 19.1 Å². The van der Waals surface area contributed by atoms with Gasteiger partial charge in [0.25, 0.3) is 11.8 Å². The van der Waals surface area contributed by atoms with Gasteiger partial charge in [-0.2, -0.15) is 0 Å². The maximum absolute atomic E-state index is 13.1. The van der Waals surface area contributed by atoms with Gasteiger partial charge in [0.2, 0.25) is 0 Å². The molecule has 1 atom stereocenters. The number of benzene rings is 3. The lowest BCUT2D eigenvalue weighted by molar-refractivity contribution is -0.134. The summed E-state index contributed by atoms with van der Waals surface area (Å²) in [5, 5.41) is 6.10. The van der Waals surface area contributed by atoms with Crippen molar-refractivity contribution in [2.45, 2.75) is 18.9 Å². The minimum absolute atomic E-state index is 0.250. The van der Waals surface area contributed by atoms with E-state index >= 15 is 0 Å². The number of fused-ring (bicyclic) bond motifs is 1. The molecule has 1 aliphatic heterocycles. The zero-order chi connectivity index (χ0) is 22.0. The number of nitrogens with one attached hydrogen (secondary N) is 2. The highest BCUT2D eigenvalue weighted by atomic mass is 35.5. The van der Waals surface area contributed by atoms with Gasteiger partial charge in [0.05, 0.1) is 16.9 Å². The second-order valence-corrected chi connectivity index (χ2v) is 7.85. The van der Waals surface area contributed by atoms with Crippen LogP contribution < -0.4 is 10.6 Å². The number of ether oxygens (including phenoxy) is 1. The lowest BCUT2D eigenvalue weighted by Gasteiger charge is -2.33. The van der Waals surface area contributed by atoms with Crippen molar-refractivity contribution in [1.29, 1.82) is 0 Å². The highest BCUT2D eigenvalue weighted by molar-refractivity contribution is 6.30. The molecule has 2 N–H and O–H groups in total. The monoisotopic (exact) mass is 434 g/mol. The number of rotatable bonds is 4. The van der Waals surface area contributed by atoms with E-state index in [9.17, 15) is 14.4 Å². The molecule has 0 bridgehead atoms. The van der Waals surface area contributed by atoms with Crippen molar-refractivity contribution in [2.75, 3.05) is 10.6 Å². The molecule has 6 nitrogen and oxygen atoms in total. The van der Waals surface area contributed by atoms with Crippen molar-refractivity contribution in [3.63, 3.8) is 0 Å². The third-order valence-electron chi connectivity index (χ3n) is 5.09. The number of esters is 1. The predicted octanol–water partition coefficient (Wildman–Crippen LogP) is 4.70. The highest BCUT2D eigenvalue weighted by Gasteiger charge is 2.42. The summed E-state index contributed by atoms with van der Waals surface area (Å²) >= 11 is 5.87. The second-order valence-electron chi connectivity index (χ2n) is 7.42. The molecule has 2 amide bonds. The molecule has 0 spiro atoms. The van der Waals surface area contributed by atoms with Crippen LogP contribution in [-0.2, 0) is 16.0 Å². The normalized spacial score (nSPS) is 17.3. The van der Waals surface area contributed by atoms with Crippen LogP contribution in [0.2, 0.25) is 5.02 Å². The Morgan fingerprint density at radius 3 is 2.23 bits per heavy atom. The number of anilines is 2. The summed E-state index contributed by atoms with van der Waals surface area (Å²) < 4.78 is 5.48. The fourth-order valence-corrected chi connectivity index (χ4v) is 3.54. The van der Waals surface area contributed by atoms with E-state index in [4.69, 9.17) is 16.3 Å². The van der Waals surface area contributed by atoms with Crippen LogP contribution in [0.4, 0.5) is 11.4 Å². The first-order chi connectivity index (χ1) is 14.9. The molecule has 4 rings (SSSR count). The van der Waals surface area contributed by atoms with Crippen LogP contribution in [0.15, 0.2) is 72.8 Å². The Kier molecular flexibility index (Phi) is 5.48. The van der Waals surface area contributed by atoms with E-state index in [2.05, 4.69) is 10.6 Å². The summed E-state index contributed by atoms with van der Waals surface area (Å²) in [6, 6.07) is 20.3. The molecule has 0 aliphatic carbocycles. The van der Waals surface area contributed by atoms with Gasteiger partial charge in [0, 0.05) is 17.0 Å². The summed E-state index contributed by atoms with van der Waals surface area (Å²) in [5.74, 6) is -1.37. The SMILES string of the molecule is CC1(C(=O)Nc2ccccc2NC(=O)c2ccc(Cl)cc2)Cc2ccccc2C(=O)O1. The van der Waals surface area contributed by atoms with Gasteiger partial charge in [-0.1, -0.05) is 41.9 Å². The average molecular weight is 435 g/mol. The molecule has 1 unspecified atom stereocenters. The smallest absolute Gasteiger partial charge is 0.339 e. The number of para-hydroxylation sites is 2. The zero-order valence-electron chi connectivity index (χ0n) is 16.6. The number of cyclic esters (lactones) is 1. The van der Waals surface area contributed by atoms with E-state index in [1.807, 2.05) is 12.1 Å². The molecule has 1 heterocycles. The van der Waals surface area contributed by atoms with E-state index in [1.165, 1.54) is 0 Å². The fourth-order valence-electron chi connectivity index (χ4n) is 3.41. The quantitative estimate of drug-likeness (QED) is 0.583. The first-order valence-corrected chi connectivity index (χ1v) is 10.0. The lowest BCUT2D eigenvalue weighted by atomic mass is 9.89. The number of carbonyl (C=O) groups excluding carboxylic acids is 3. The van der Waals surface area contributed by atoms with Gasteiger partial charge < -0.3 is 15.4 Å². The van der Waals surface area contributed by atoms with E-state index in [0.717, 1.165) is 5.56 Å². The molecule has 31 heavy (non-hydrogen) atoms. The number of hydrogen-bond acceptors (Lipinski definition) is 4. The van der Waals surface area contributed by atoms with Crippen LogP contribution in [0.1, 0.15) is 33.2 Å². The Balaban J connectivity index is 1.54. The average Bonchev–Trinajstić information content (AvgIpc) is 2.75. The first-order valence-electron chi connectivity index (χ1n) is 9.64. The first kappa shape index (κ1) is 20.6. The van der Waals surface area contributed by atoms with Crippen molar-refractivity contribution in [2.24, 2.45) is 0 Å². The van der Waals surface area contributed by atoms with Crippen LogP contribution in [0.5, 0.6) is 0 Å². The zero-order valence-corrected chi connectivity index (χ0v) is 17.4. The summed E-state index contributed by atoms with van der Waals surface area (Å²) in [4.78, 5) is 38.0. The summed E-state index contributed by atoms with van der Waals surface area (Å²) in [5.41, 5.74) is 1.07. The highest BCUT2D eigenvalue weighted by Crippen LogP contribution is 2.30. The van der Waals surface area contributed by atoms with E-state index in [-0.39, 0.29) is 12.3 Å². The van der Waals surface area contributed by atoms with Crippen molar-refractivity contribution >= 4 is 40.8 Å². The Labute approximate surface area is 184 Å². The molecular formula is C24H19ClN2O4. The molecule has 7 heteroatoms. The Morgan fingerprint density at radius 1 is 0.903 bits per heavy atom. The Bertz CT molecular complexity index is 1180. The number of halogens is 1. The van der Waals surface area contributed by atoms with Gasteiger partial charge >= 0.3 is 5.97 Å². The second kappa shape index (κ2) is 8.24. The molecule has 3 aromatic rings. The van der Waals surface area contributed by atoms with Gasteiger partial charge in [-0.3, -0.25) is 9.59 Å². The Hall–Kier alpha value is -3.64. The number of amides is 2. The van der Waals surface area contributed by atoms with Crippen molar-refractivity contribution in [3.8, 4) is 0 Å². The molecule has 1 aliphatic rings. The third kappa shape index (κ3) is 4.29. The predicted molar refractivity (Wildman–Crippen MR) is 118 cm³/mol. The topological polar surface area (TPSA) is 84.5 Å². The maximum atomic E-state index is 13.1. The van der Waals surface area contributed by atoms with Crippen LogP contribution >= 0.6 is 11.6 Å². The summed E-state index contributed by atoms with van der Waals surface area (Å²) in [6.07, 6.45) is 0.250. The van der Waals surface area contributed by atoms with Crippen LogP contribution in [-0.4, -0.2) is 23.4 Å². The van der Waals surface area contributed by atoms with Crippen molar-refractivity contribution in [3.05, 3.63) is 94.5 Å². The Morgan fingerprint density at radius 2 is 1.52 bits per heavy atom. The van der Waals surface area contributed by atoms with Gasteiger partial charge in [-0.25, -0.2) is 4.79 Å². The summed E-state index contributed by atoms with van der Waals surface area (Å²) in [6.45, 7) is 1.57. The molecule has 0 radical (unpaired) electrons.